The average Bonchev–Trinajstić information content (AvgIpc) is 1.56. The van der Waals surface area contributed by atoms with Crippen LogP contribution in [0.1, 0.15) is 0 Å². The van der Waals surface area contributed by atoms with Crippen molar-refractivity contribution in [2.24, 2.45) is 0 Å². The second-order valence-electron chi connectivity index (χ2n) is 3.51. The van der Waals surface area contributed by atoms with Gasteiger partial charge in [-0.1, -0.05) is 8.96 Å². The van der Waals surface area contributed by atoms with Crippen LogP contribution in [0.5, 0.6) is 0 Å². The van der Waals surface area contributed by atoms with Gasteiger partial charge in [-0.15, -0.1) is 9.25 Å². The quantitative estimate of drug-likeness (QED) is 0.388. The molecule has 0 unspecified atom stereocenters. The Balaban J connectivity index is 4.35. The Kier molecular flexibility index (Phi) is 3.56. The highest BCUT2D eigenvalue weighted by Crippen LogP contribution is 2.45. The molecular weight excluding hydrogens is 180 g/mol. The molecule has 0 fully saturated rings. The first-order valence-electron chi connectivity index (χ1n) is 3.40. The molecule has 0 aromatic carbocycles. The molecule has 0 saturated heterocycles. The fourth-order valence-electron chi connectivity index (χ4n) is 0.545. The van der Waals surface area contributed by atoms with Gasteiger partial charge in [-0.2, -0.15) is 0 Å². The standard InChI is InChI=1S/C6H20N2OS2/c1-8(2)7-10(3,4)11(5,6)9/h7,11H,1-6H3. The van der Waals surface area contributed by atoms with Gasteiger partial charge >= 0.3 is 0 Å². The molecular formula is C6H20N2OS2. The molecule has 0 rings (SSSR count). The van der Waals surface area contributed by atoms with Crippen molar-refractivity contribution in [2.75, 3.05) is 39.1 Å². The van der Waals surface area contributed by atoms with Gasteiger partial charge in [0.05, 0.1) is 0 Å². The van der Waals surface area contributed by atoms with E-state index >= 15 is 0 Å². The zero-order valence-electron chi connectivity index (χ0n) is 8.21. The summed E-state index contributed by atoms with van der Waals surface area (Å²) in [5.74, 6) is 0. The van der Waals surface area contributed by atoms with Gasteiger partial charge < -0.3 is 0 Å². The lowest BCUT2D eigenvalue weighted by molar-refractivity contribution is 0.383. The summed E-state index contributed by atoms with van der Waals surface area (Å²) in [5, 5.41) is 1.87. The van der Waals surface area contributed by atoms with Gasteiger partial charge in [-0.25, -0.2) is 9.84 Å². The molecule has 0 atom stereocenters. The maximum Gasteiger partial charge on any atom is 0.00215 e. The Morgan fingerprint density at radius 1 is 1.27 bits per heavy atom. The maximum atomic E-state index is 11.7. The number of rotatable bonds is 3. The van der Waals surface area contributed by atoms with E-state index in [0.717, 1.165) is 0 Å². The minimum absolute atomic E-state index is 1.17. The summed E-state index contributed by atoms with van der Waals surface area (Å²) in [6, 6.07) is 0. The second kappa shape index (κ2) is 3.43. The number of nitrogens with one attached hydrogen (secondary N) is 1. The van der Waals surface area contributed by atoms with Gasteiger partial charge in [0.15, 0.2) is 0 Å². The first-order chi connectivity index (χ1) is 4.67. The molecule has 3 nitrogen and oxygen atoms in total. The van der Waals surface area contributed by atoms with Crippen LogP contribution in [-0.4, -0.2) is 48.3 Å². The van der Waals surface area contributed by atoms with Crippen LogP contribution in [0.2, 0.25) is 0 Å². The van der Waals surface area contributed by atoms with Crippen LogP contribution >= 0.6 is 9.25 Å². The monoisotopic (exact) mass is 200 g/mol. The minimum Gasteiger partial charge on any atom is -0.276 e. The van der Waals surface area contributed by atoms with Crippen molar-refractivity contribution in [1.82, 2.24) is 9.84 Å². The Morgan fingerprint density at radius 2 is 1.64 bits per heavy atom. The Labute approximate surface area is 71.8 Å². The molecule has 1 N–H and O–H groups in total. The predicted molar refractivity (Wildman–Crippen MR) is 57.6 cm³/mol. The van der Waals surface area contributed by atoms with Gasteiger partial charge in [0.1, 0.15) is 0 Å². The molecule has 72 valence electrons. The number of hydrazine groups is 1. The van der Waals surface area contributed by atoms with Crippen molar-refractivity contribution in [1.29, 1.82) is 0 Å². The van der Waals surface area contributed by atoms with E-state index in [1.54, 1.807) is 0 Å². The predicted octanol–water partition coefficient (Wildman–Crippen LogP) is 0.223. The van der Waals surface area contributed by atoms with Crippen LogP contribution < -0.4 is 4.83 Å². The normalized spacial score (nSPS) is 17.0. The number of hydrogen-bond donors (Lipinski definition) is 2. The average molecular weight is 200 g/mol. The van der Waals surface area contributed by atoms with Crippen LogP contribution in [0.4, 0.5) is 0 Å². The third-order valence-electron chi connectivity index (χ3n) is 1.51. The summed E-state index contributed by atoms with van der Waals surface area (Å²) >= 11 is 0. The van der Waals surface area contributed by atoms with E-state index in [2.05, 4.69) is 4.83 Å². The van der Waals surface area contributed by atoms with E-state index in [9.17, 15) is 4.21 Å². The highest BCUT2D eigenvalue weighted by molar-refractivity contribution is 8.92. The lowest BCUT2D eigenvalue weighted by Crippen LogP contribution is -2.37. The van der Waals surface area contributed by atoms with Crippen LogP contribution in [0.3, 0.4) is 0 Å². The summed E-state index contributed by atoms with van der Waals surface area (Å²) in [6.45, 7) is 0. The van der Waals surface area contributed by atoms with E-state index in [0.29, 0.717) is 0 Å². The van der Waals surface area contributed by atoms with E-state index in [-0.39, 0.29) is 0 Å². The van der Waals surface area contributed by atoms with E-state index in [1.807, 2.05) is 44.1 Å². The molecule has 0 aliphatic rings. The maximum absolute atomic E-state index is 11.7. The van der Waals surface area contributed by atoms with Crippen molar-refractivity contribution >= 4 is 18.2 Å². The molecule has 0 aromatic rings. The summed E-state index contributed by atoms with van der Waals surface area (Å²) in [7, 11) is 0.685. The van der Waals surface area contributed by atoms with E-state index in [4.69, 9.17) is 0 Å². The molecule has 0 radical (unpaired) electrons. The summed E-state index contributed by atoms with van der Waals surface area (Å²) in [6.07, 6.45) is 7.74. The third kappa shape index (κ3) is 3.55. The van der Waals surface area contributed by atoms with Crippen LogP contribution in [-0.2, 0) is 8.96 Å². The van der Waals surface area contributed by atoms with Crippen LogP contribution in [0, 0.1) is 0 Å². The zero-order valence-corrected chi connectivity index (χ0v) is 9.92. The molecule has 5 heteroatoms. The summed E-state index contributed by atoms with van der Waals surface area (Å²) in [4.78, 5) is 3.21. The number of nitrogens with zero attached hydrogens (tertiary/aromatic N) is 1. The number of thiol groups is 1. The molecule has 0 saturated carbocycles. The van der Waals surface area contributed by atoms with Crippen LogP contribution in [0.15, 0.2) is 0 Å². The van der Waals surface area contributed by atoms with E-state index < -0.39 is 18.2 Å². The van der Waals surface area contributed by atoms with Crippen molar-refractivity contribution in [3.63, 3.8) is 0 Å². The fraction of sp³-hybridized carbons (Fsp3) is 1.00. The Hall–Kier alpha value is 0.420. The first kappa shape index (κ1) is 11.4. The molecule has 0 heterocycles. The first-order valence-corrected chi connectivity index (χ1v) is 9.05. The highest BCUT2D eigenvalue weighted by Gasteiger charge is 2.21. The summed E-state index contributed by atoms with van der Waals surface area (Å²) < 4.78 is 11.7. The number of hydrogen-bond acceptors (Lipinski definition) is 3. The van der Waals surface area contributed by atoms with Crippen molar-refractivity contribution in [3.05, 3.63) is 0 Å². The lowest BCUT2D eigenvalue weighted by Gasteiger charge is -2.42. The lowest BCUT2D eigenvalue weighted by atomic mass is 11.2. The SMILES string of the molecule is CN(C)NS(C)(C)[SH](C)(C)=O. The van der Waals surface area contributed by atoms with E-state index in [1.165, 1.54) is 0 Å². The largest absolute Gasteiger partial charge is 0.276 e. The topological polar surface area (TPSA) is 32.3 Å². The van der Waals surface area contributed by atoms with Gasteiger partial charge in [-0.3, -0.25) is 4.21 Å². The van der Waals surface area contributed by atoms with Crippen molar-refractivity contribution in [3.8, 4) is 0 Å². The molecule has 0 spiro atoms. The smallest absolute Gasteiger partial charge is 0.00215 e. The molecule has 0 aliphatic carbocycles. The molecule has 11 heavy (non-hydrogen) atoms. The molecule has 0 aromatic heterocycles. The van der Waals surface area contributed by atoms with Crippen LogP contribution in [0.25, 0.3) is 0 Å². The van der Waals surface area contributed by atoms with Gasteiger partial charge in [0, 0.05) is 14.1 Å². The van der Waals surface area contributed by atoms with Gasteiger partial charge in [0.25, 0.3) is 0 Å². The Morgan fingerprint density at radius 3 is 1.73 bits per heavy atom. The van der Waals surface area contributed by atoms with Gasteiger partial charge in [-0.05, 0) is 25.0 Å². The summed E-state index contributed by atoms with van der Waals surface area (Å²) in [5.41, 5.74) is 0. The van der Waals surface area contributed by atoms with Crippen molar-refractivity contribution < 1.29 is 4.21 Å². The van der Waals surface area contributed by atoms with Crippen molar-refractivity contribution in [2.45, 2.75) is 0 Å². The minimum atomic E-state index is -1.99. The second-order valence-corrected chi connectivity index (χ2v) is 14.1. The third-order valence-corrected chi connectivity index (χ3v) is 11.4. The fourth-order valence-corrected chi connectivity index (χ4v) is 2.72. The molecule has 0 bridgehead atoms. The highest BCUT2D eigenvalue weighted by atomic mass is 33.2. The molecule has 0 amide bonds. The van der Waals surface area contributed by atoms with Gasteiger partial charge in [0.2, 0.25) is 0 Å². The molecule has 0 aliphatic heterocycles. The Bertz CT molecular complexity index is 173. The zero-order chi connectivity index (χ0) is 9.28.